The second-order valence-electron chi connectivity index (χ2n) is 7.81. The van der Waals surface area contributed by atoms with E-state index >= 15 is 0 Å². The molecule has 2 aliphatic heterocycles. The summed E-state index contributed by atoms with van der Waals surface area (Å²) < 4.78 is 12.5. The fourth-order valence-corrected chi connectivity index (χ4v) is 3.99. The maximum Gasteiger partial charge on any atom is 0.329 e. The Labute approximate surface area is 178 Å². The normalized spacial score (nSPS) is 19.2. The van der Waals surface area contributed by atoms with Gasteiger partial charge in [0.15, 0.2) is 0 Å². The maximum absolute atomic E-state index is 11.9. The predicted octanol–water partition coefficient (Wildman–Crippen LogP) is 0.511. The number of hydrogen-bond acceptors (Lipinski definition) is 8. The zero-order chi connectivity index (χ0) is 21.4. The summed E-state index contributed by atoms with van der Waals surface area (Å²) in [5, 5.41) is 0.880. The number of rotatable bonds is 4. The minimum atomic E-state index is -0.403. The van der Waals surface area contributed by atoms with Gasteiger partial charge in [-0.1, -0.05) is 0 Å². The van der Waals surface area contributed by atoms with Gasteiger partial charge in [-0.15, -0.1) is 0 Å². The minimum absolute atomic E-state index is 0.0195. The highest BCUT2D eigenvalue weighted by Gasteiger charge is 2.22. The smallest absolute Gasteiger partial charge is 0.329 e. The molecule has 0 amide bonds. The lowest BCUT2D eigenvalue weighted by Crippen LogP contribution is -2.48. The average molecular weight is 424 g/mol. The van der Waals surface area contributed by atoms with Gasteiger partial charge >= 0.3 is 5.69 Å². The molecule has 0 bridgehead atoms. The van der Waals surface area contributed by atoms with Crippen LogP contribution < -0.4 is 25.8 Å². The van der Waals surface area contributed by atoms with E-state index in [0.717, 1.165) is 40.7 Å². The van der Waals surface area contributed by atoms with E-state index in [-0.39, 0.29) is 11.7 Å². The molecule has 5 rings (SSSR count). The molecular formula is C21H24N6O4. The summed E-state index contributed by atoms with van der Waals surface area (Å²) >= 11 is 0. The van der Waals surface area contributed by atoms with Crippen molar-refractivity contribution in [3.05, 3.63) is 51.4 Å². The van der Waals surface area contributed by atoms with Crippen LogP contribution in [0.15, 0.2) is 40.2 Å². The summed E-state index contributed by atoms with van der Waals surface area (Å²) in [5.41, 5.74) is 1.19. The van der Waals surface area contributed by atoms with Crippen molar-refractivity contribution in [2.45, 2.75) is 12.5 Å². The third-order valence-corrected chi connectivity index (χ3v) is 5.86. The summed E-state index contributed by atoms with van der Waals surface area (Å²) in [5.74, 6) is 1.15. The van der Waals surface area contributed by atoms with E-state index in [1.54, 1.807) is 0 Å². The van der Waals surface area contributed by atoms with E-state index in [1.807, 2.05) is 17.0 Å². The maximum atomic E-state index is 11.9. The van der Waals surface area contributed by atoms with Gasteiger partial charge in [0, 0.05) is 51.4 Å². The molecule has 1 atom stereocenters. The van der Waals surface area contributed by atoms with E-state index < -0.39 is 5.69 Å². The Balaban J connectivity index is 1.34. The van der Waals surface area contributed by atoms with Crippen LogP contribution in [-0.4, -0.2) is 65.0 Å². The number of benzene rings is 1. The molecule has 2 saturated heterocycles. The molecule has 31 heavy (non-hydrogen) atoms. The number of H-pyrrole nitrogens is 1. The highest BCUT2D eigenvalue weighted by atomic mass is 16.5. The Morgan fingerprint density at radius 1 is 1.10 bits per heavy atom. The first-order chi connectivity index (χ1) is 15.1. The number of piperazine rings is 1. The number of nitrogens with one attached hydrogen (secondary N) is 1. The summed E-state index contributed by atoms with van der Waals surface area (Å²) in [6.07, 6.45) is 2.40. The number of ether oxygens (including phenoxy) is 2. The standard InChI is InChI=1S/C21H24N6O4/c1-25-19(28)11-18(24-21(25)29)27-7-5-26(6-8-27)14-2-3-17-16(10-14)20(23-13-22-17)31-15-4-9-30-12-15/h2-3,10-11,13,15H,4-9,12H2,1H3,(H,24,29). The van der Waals surface area contributed by atoms with Gasteiger partial charge in [0.2, 0.25) is 5.88 Å². The Morgan fingerprint density at radius 2 is 1.90 bits per heavy atom. The molecule has 10 heteroatoms. The van der Waals surface area contributed by atoms with Crippen molar-refractivity contribution in [3.63, 3.8) is 0 Å². The lowest BCUT2D eigenvalue weighted by atomic mass is 10.2. The number of hydrogen-bond donors (Lipinski definition) is 1. The lowest BCUT2D eigenvalue weighted by Gasteiger charge is -2.37. The highest BCUT2D eigenvalue weighted by molar-refractivity contribution is 5.86. The minimum Gasteiger partial charge on any atom is -0.471 e. The van der Waals surface area contributed by atoms with Gasteiger partial charge < -0.3 is 19.3 Å². The first kappa shape index (κ1) is 19.6. The van der Waals surface area contributed by atoms with Crippen molar-refractivity contribution in [3.8, 4) is 5.88 Å². The van der Waals surface area contributed by atoms with Crippen molar-refractivity contribution in [1.82, 2.24) is 19.5 Å². The largest absolute Gasteiger partial charge is 0.471 e. The topological polar surface area (TPSA) is 106 Å². The molecule has 162 valence electrons. The molecule has 0 radical (unpaired) electrons. The molecule has 2 fully saturated rings. The molecule has 0 spiro atoms. The lowest BCUT2D eigenvalue weighted by molar-refractivity contribution is 0.139. The molecule has 10 nitrogen and oxygen atoms in total. The van der Waals surface area contributed by atoms with Crippen LogP contribution in [0.25, 0.3) is 10.9 Å². The third-order valence-electron chi connectivity index (χ3n) is 5.86. The highest BCUT2D eigenvalue weighted by Crippen LogP contribution is 2.29. The summed E-state index contributed by atoms with van der Waals surface area (Å²) in [4.78, 5) is 39.6. The molecule has 0 saturated carbocycles. The van der Waals surface area contributed by atoms with Crippen LogP contribution in [0.4, 0.5) is 11.5 Å². The molecule has 4 heterocycles. The summed E-state index contributed by atoms with van der Waals surface area (Å²) in [6.45, 7) is 4.18. The second-order valence-corrected chi connectivity index (χ2v) is 7.81. The zero-order valence-corrected chi connectivity index (χ0v) is 17.3. The van der Waals surface area contributed by atoms with Crippen molar-refractivity contribution < 1.29 is 9.47 Å². The Hall–Kier alpha value is -3.40. The first-order valence-electron chi connectivity index (χ1n) is 10.4. The van der Waals surface area contributed by atoms with Gasteiger partial charge in [-0.2, -0.15) is 0 Å². The Bertz CT molecular complexity index is 1180. The van der Waals surface area contributed by atoms with Crippen LogP contribution >= 0.6 is 0 Å². The molecule has 3 aromatic rings. The SMILES string of the molecule is Cn1c(=O)cc(N2CCN(c3ccc4ncnc(OC5CCOC5)c4c3)CC2)[nH]c1=O. The van der Waals surface area contributed by atoms with Gasteiger partial charge in [0.1, 0.15) is 18.2 Å². The van der Waals surface area contributed by atoms with Crippen LogP contribution in [-0.2, 0) is 11.8 Å². The Morgan fingerprint density at radius 3 is 2.65 bits per heavy atom. The molecular weight excluding hydrogens is 400 g/mol. The van der Waals surface area contributed by atoms with Crippen LogP contribution in [0.2, 0.25) is 0 Å². The van der Waals surface area contributed by atoms with Crippen LogP contribution in [0.5, 0.6) is 5.88 Å². The number of aromatic amines is 1. The molecule has 2 aromatic heterocycles. The van der Waals surface area contributed by atoms with Crippen LogP contribution in [0, 0.1) is 0 Å². The van der Waals surface area contributed by atoms with Gasteiger partial charge in [-0.3, -0.25) is 14.3 Å². The van der Waals surface area contributed by atoms with E-state index in [4.69, 9.17) is 9.47 Å². The quantitative estimate of drug-likeness (QED) is 0.646. The van der Waals surface area contributed by atoms with Gasteiger partial charge in [0.05, 0.1) is 24.1 Å². The third kappa shape index (κ3) is 3.86. The summed E-state index contributed by atoms with van der Waals surface area (Å²) in [6, 6.07) is 7.57. The van der Waals surface area contributed by atoms with Crippen LogP contribution in [0.1, 0.15) is 6.42 Å². The zero-order valence-electron chi connectivity index (χ0n) is 17.3. The van der Waals surface area contributed by atoms with Crippen molar-refractivity contribution >= 4 is 22.4 Å². The van der Waals surface area contributed by atoms with Crippen molar-refractivity contribution in [2.24, 2.45) is 7.05 Å². The fraction of sp³-hybridized carbons (Fsp3) is 0.429. The number of nitrogens with zero attached hydrogens (tertiary/aromatic N) is 5. The molecule has 1 N–H and O–H groups in total. The van der Waals surface area contributed by atoms with Crippen molar-refractivity contribution in [2.75, 3.05) is 49.2 Å². The molecule has 1 unspecified atom stereocenters. The molecule has 2 aliphatic rings. The van der Waals surface area contributed by atoms with Crippen LogP contribution in [0.3, 0.4) is 0 Å². The first-order valence-corrected chi connectivity index (χ1v) is 10.4. The summed E-state index contributed by atoms with van der Waals surface area (Å²) in [7, 11) is 1.46. The van der Waals surface area contributed by atoms with Gasteiger partial charge in [0.25, 0.3) is 5.56 Å². The van der Waals surface area contributed by atoms with Crippen molar-refractivity contribution in [1.29, 1.82) is 0 Å². The predicted molar refractivity (Wildman–Crippen MR) is 116 cm³/mol. The molecule has 1 aromatic carbocycles. The average Bonchev–Trinajstić information content (AvgIpc) is 3.30. The van der Waals surface area contributed by atoms with E-state index in [1.165, 1.54) is 19.4 Å². The fourth-order valence-electron chi connectivity index (χ4n) is 3.99. The van der Waals surface area contributed by atoms with E-state index in [2.05, 4.69) is 25.9 Å². The number of anilines is 2. The molecule has 0 aliphatic carbocycles. The second kappa shape index (κ2) is 8.03. The van der Waals surface area contributed by atoms with Gasteiger partial charge in [-0.05, 0) is 18.2 Å². The van der Waals surface area contributed by atoms with E-state index in [9.17, 15) is 9.59 Å². The monoisotopic (exact) mass is 424 g/mol. The van der Waals surface area contributed by atoms with Gasteiger partial charge in [-0.25, -0.2) is 14.8 Å². The van der Waals surface area contributed by atoms with E-state index in [0.29, 0.717) is 38.0 Å². The number of fused-ring (bicyclic) bond motifs is 1. The Kier molecular flexibility index (Phi) is 5.06. The number of aromatic nitrogens is 4.